The van der Waals surface area contributed by atoms with E-state index in [0.717, 1.165) is 37.8 Å². The molecule has 1 fully saturated rings. The van der Waals surface area contributed by atoms with Gasteiger partial charge in [-0.05, 0) is 55.4 Å². The molecule has 1 saturated carbocycles. The molecule has 4 unspecified atom stereocenters. The van der Waals surface area contributed by atoms with Gasteiger partial charge in [0.15, 0.2) is 12.2 Å². The van der Waals surface area contributed by atoms with E-state index in [4.69, 9.17) is 28.4 Å². The predicted octanol–water partition coefficient (Wildman–Crippen LogP) is 4.60. The highest BCUT2D eigenvalue weighted by molar-refractivity contribution is 5.81. The molecule has 2 aromatic rings. The van der Waals surface area contributed by atoms with E-state index < -0.39 is 36.3 Å². The summed E-state index contributed by atoms with van der Waals surface area (Å²) >= 11 is 0. The Morgan fingerprint density at radius 3 is 1.48 bits per heavy atom. The molecule has 1 aliphatic rings. The molecule has 2 N–H and O–H groups in total. The van der Waals surface area contributed by atoms with Crippen LogP contribution in [0.1, 0.15) is 25.7 Å². The van der Waals surface area contributed by atoms with Crippen LogP contribution in [0.15, 0.2) is 86.0 Å². The van der Waals surface area contributed by atoms with Gasteiger partial charge in [0.1, 0.15) is 37.9 Å². The number of para-hydroxylation sites is 2. The van der Waals surface area contributed by atoms with Crippen molar-refractivity contribution in [2.24, 2.45) is 11.8 Å². The smallest absolute Gasteiger partial charge is 0.407 e. The number of amides is 2. The molecule has 0 heterocycles. The van der Waals surface area contributed by atoms with Gasteiger partial charge in [0.05, 0.1) is 0 Å². The number of nitrogens with one attached hydrogen (secondary N) is 2. The largest absolute Gasteiger partial charge is 0.490 e. The number of ether oxygens (including phenoxy) is 6. The molecule has 0 saturated heterocycles. The second-order valence-corrected chi connectivity index (χ2v) is 10.6. The third kappa shape index (κ3) is 14.2. The van der Waals surface area contributed by atoms with Gasteiger partial charge in [0, 0.05) is 25.2 Å². The fraction of sp³-hybridized carbons (Fsp3) is 0.412. The van der Waals surface area contributed by atoms with Crippen LogP contribution >= 0.6 is 0 Å². The molecule has 0 aliphatic heterocycles. The molecule has 4 atom stereocenters. The molecule has 0 spiro atoms. The minimum atomic E-state index is -0.833. The standard InChI is InChI=1S/C34H42N2O10/c1-3-31(37)43-23-29(21-41-27-14-7-5-8-15-27)45-33(39)35-19-25-12-11-13-26(18-25)20-36-34(40)46-30(24-44-32(38)4-2)22-42-28-16-9-6-10-17-28/h3-10,14-17,25-26,29-30H,1-2,11-13,18-24H2,(H,35,39)(H,36,40). The first kappa shape index (κ1) is 35.5. The van der Waals surface area contributed by atoms with Crippen molar-refractivity contribution in [3.63, 3.8) is 0 Å². The van der Waals surface area contributed by atoms with E-state index in [1.807, 2.05) is 36.4 Å². The van der Waals surface area contributed by atoms with Gasteiger partial charge in [0.2, 0.25) is 0 Å². The second kappa shape index (κ2) is 20.1. The molecule has 2 amide bonds. The zero-order valence-corrected chi connectivity index (χ0v) is 25.8. The Labute approximate surface area is 269 Å². The summed E-state index contributed by atoms with van der Waals surface area (Å²) in [5, 5.41) is 5.60. The van der Waals surface area contributed by atoms with Crippen molar-refractivity contribution in [2.45, 2.75) is 37.9 Å². The van der Waals surface area contributed by atoms with Crippen LogP contribution < -0.4 is 20.1 Å². The lowest BCUT2D eigenvalue weighted by molar-refractivity contribution is -0.142. The van der Waals surface area contributed by atoms with Crippen LogP contribution in [0.3, 0.4) is 0 Å². The van der Waals surface area contributed by atoms with Gasteiger partial charge >= 0.3 is 24.1 Å². The Bertz CT molecular complexity index is 1160. The van der Waals surface area contributed by atoms with Crippen LogP contribution in [-0.2, 0) is 28.5 Å². The van der Waals surface area contributed by atoms with Gasteiger partial charge < -0.3 is 39.1 Å². The molecule has 2 aromatic carbocycles. The number of alkyl carbamates (subject to hydrolysis) is 2. The molecular weight excluding hydrogens is 596 g/mol. The SMILES string of the molecule is C=CC(=O)OCC(COc1ccccc1)OC(=O)NCC1CCCC(CNC(=O)OC(COC(=O)C=C)COc2ccccc2)C1. The summed E-state index contributed by atoms with van der Waals surface area (Å²) in [6, 6.07) is 18.0. The van der Waals surface area contributed by atoms with E-state index in [1.54, 1.807) is 24.3 Å². The normalized spacial score (nSPS) is 16.8. The quantitative estimate of drug-likeness (QED) is 0.135. The van der Waals surface area contributed by atoms with Crippen molar-refractivity contribution in [3.8, 4) is 11.5 Å². The number of esters is 2. The molecule has 46 heavy (non-hydrogen) atoms. The third-order valence-electron chi connectivity index (χ3n) is 7.02. The molecule has 3 rings (SSSR count). The average molecular weight is 639 g/mol. The van der Waals surface area contributed by atoms with Crippen LogP contribution in [0.5, 0.6) is 11.5 Å². The molecule has 248 valence electrons. The van der Waals surface area contributed by atoms with Gasteiger partial charge in [-0.1, -0.05) is 56.0 Å². The van der Waals surface area contributed by atoms with E-state index in [1.165, 1.54) is 0 Å². The predicted molar refractivity (Wildman–Crippen MR) is 168 cm³/mol. The third-order valence-corrected chi connectivity index (χ3v) is 7.02. The number of hydrogen-bond acceptors (Lipinski definition) is 10. The minimum Gasteiger partial charge on any atom is -0.490 e. The lowest BCUT2D eigenvalue weighted by atomic mass is 9.81. The summed E-state index contributed by atoms with van der Waals surface area (Å²) in [6.45, 7) is 7.11. The first-order valence-electron chi connectivity index (χ1n) is 15.2. The van der Waals surface area contributed by atoms with Crippen molar-refractivity contribution < 1.29 is 47.6 Å². The Balaban J connectivity index is 1.41. The van der Waals surface area contributed by atoms with E-state index in [9.17, 15) is 19.2 Å². The topological polar surface area (TPSA) is 148 Å². The second-order valence-electron chi connectivity index (χ2n) is 10.6. The minimum absolute atomic E-state index is 0.00888. The van der Waals surface area contributed by atoms with Crippen molar-refractivity contribution in [3.05, 3.63) is 86.0 Å². The summed E-state index contributed by atoms with van der Waals surface area (Å²) in [5.41, 5.74) is 0. The van der Waals surface area contributed by atoms with Crippen molar-refractivity contribution in [2.75, 3.05) is 39.5 Å². The first-order valence-corrected chi connectivity index (χ1v) is 15.2. The monoisotopic (exact) mass is 638 g/mol. The highest BCUT2D eigenvalue weighted by atomic mass is 16.6. The van der Waals surface area contributed by atoms with E-state index in [2.05, 4.69) is 23.8 Å². The summed E-state index contributed by atoms with van der Waals surface area (Å²) < 4.78 is 32.5. The van der Waals surface area contributed by atoms with Gasteiger partial charge in [-0.3, -0.25) is 0 Å². The molecule has 12 heteroatoms. The summed E-state index contributed by atoms with van der Waals surface area (Å²) in [4.78, 5) is 48.3. The Morgan fingerprint density at radius 2 is 1.09 bits per heavy atom. The number of hydrogen-bond donors (Lipinski definition) is 2. The molecule has 12 nitrogen and oxygen atoms in total. The highest BCUT2D eigenvalue weighted by Crippen LogP contribution is 2.28. The van der Waals surface area contributed by atoms with Crippen molar-refractivity contribution in [1.82, 2.24) is 10.6 Å². The van der Waals surface area contributed by atoms with Crippen LogP contribution in [-0.4, -0.2) is 75.9 Å². The number of carbonyl (C=O) groups is 4. The highest BCUT2D eigenvalue weighted by Gasteiger charge is 2.25. The molecule has 0 aromatic heterocycles. The van der Waals surface area contributed by atoms with E-state index in [-0.39, 0.29) is 38.3 Å². The number of carbonyl (C=O) groups excluding carboxylic acids is 4. The lowest BCUT2D eigenvalue weighted by Gasteiger charge is -2.29. The maximum atomic E-state index is 12.6. The number of rotatable bonds is 18. The van der Waals surface area contributed by atoms with Crippen LogP contribution in [0, 0.1) is 11.8 Å². The van der Waals surface area contributed by atoms with E-state index in [0.29, 0.717) is 24.6 Å². The first-order chi connectivity index (χ1) is 22.3. The summed E-state index contributed by atoms with van der Waals surface area (Å²) in [5.74, 6) is 0.256. The Kier molecular flexibility index (Phi) is 15.5. The Hall–Kier alpha value is -5.00. The summed E-state index contributed by atoms with van der Waals surface area (Å²) in [6.07, 6.45) is 2.61. The van der Waals surface area contributed by atoms with Gasteiger partial charge in [-0.25, -0.2) is 19.2 Å². The van der Waals surface area contributed by atoms with E-state index >= 15 is 0 Å². The summed E-state index contributed by atoms with van der Waals surface area (Å²) in [7, 11) is 0. The van der Waals surface area contributed by atoms with Gasteiger partial charge in [0.25, 0.3) is 0 Å². The molecule has 1 aliphatic carbocycles. The molecule has 0 bridgehead atoms. The fourth-order valence-electron chi connectivity index (χ4n) is 4.73. The average Bonchev–Trinajstić information content (AvgIpc) is 3.09. The van der Waals surface area contributed by atoms with Crippen LogP contribution in [0.25, 0.3) is 0 Å². The molecular formula is C34H42N2O10. The lowest BCUT2D eigenvalue weighted by Crippen LogP contribution is -2.40. The number of benzene rings is 2. The molecule has 0 radical (unpaired) electrons. The van der Waals surface area contributed by atoms with Crippen LogP contribution in [0.4, 0.5) is 9.59 Å². The zero-order valence-electron chi connectivity index (χ0n) is 25.8. The maximum absolute atomic E-state index is 12.6. The van der Waals surface area contributed by atoms with Gasteiger partial charge in [-0.15, -0.1) is 0 Å². The fourth-order valence-corrected chi connectivity index (χ4v) is 4.73. The van der Waals surface area contributed by atoms with Crippen molar-refractivity contribution in [1.29, 1.82) is 0 Å². The Morgan fingerprint density at radius 1 is 0.674 bits per heavy atom. The van der Waals surface area contributed by atoms with Crippen molar-refractivity contribution >= 4 is 24.1 Å². The zero-order chi connectivity index (χ0) is 33.0. The van der Waals surface area contributed by atoms with Crippen LogP contribution in [0.2, 0.25) is 0 Å². The maximum Gasteiger partial charge on any atom is 0.407 e. The van der Waals surface area contributed by atoms with Gasteiger partial charge in [-0.2, -0.15) is 0 Å².